The summed E-state index contributed by atoms with van der Waals surface area (Å²) in [6, 6.07) is 18.3. The van der Waals surface area contributed by atoms with Crippen molar-refractivity contribution in [3.05, 3.63) is 89.5 Å². The van der Waals surface area contributed by atoms with Crippen molar-refractivity contribution in [2.75, 3.05) is 6.61 Å². The quantitative estimate of drug-likeness (QED) is 0.219. The number of hydrogen-bond acceptors (Lipinski definition) is 6. The molecule has 7 nitrogen and oxygen atoms in total. The number of carbonyl (C=O) groups is 3. The van der Waals surface area contributed by atoms with E-state index in [0.717, 1.165) is 12.8 Å². The monoisotopic (exact) mass is 462 g/mol. The Morgan fingerprint density at radius 2 is 1.26 bits per heavy atom. The van der Waals surface area contributed by atoms with E-state index in [1.165, 1.54) is 61.4 Å². The molecule has 7 heteroatoms. The van der Waals surface area contributed by atoms with Gasteiger partial charge in [-0.15, -0.1) is 0 Å². The predicted molar refractivity (Wildman–Crippen MR) is 126 cm³/mol. The Kier molecular flexibility index (Phi) is 8.80. The highest BCUT2D eigenvalue weighted by Gasteiger charge is 2.13. The van der Waals surface area contributed by atoms with Crippen molar-refractivity contribution in [3.8, 4) is 17.2 Å². The third-order valence-corrected chi connectivity index (χ3v) is 4.95. The van der Waals surface area contributed by atoms with Gasteiger partial charge < -0.3 is 19.3 Å². The van der Waals surface area contributed by atoms with Crippen LogP contribution in [0.25, 0.3) is 0 Å². The third-order valence-electron chi connectivity index (χ3n) is 4.95. The van der Waals surface area contributed by atoms with Gasteiger partial charge in [-0.1, -0.05) is 32.3 Å². The highest BCUT2D eigenvalue weighted by molar-refractivity contribution is 5.93. The number of unbranched alkanes of at least 4 members (excludes halogenated alkanes) is 3. The van der Waals surface area contributed by atoms with Crippen LogP contribution in [0.3, 0.4) is 0 Å². The van der Waals surface area contributed by atoms with Crippen LogP contribution in [0, 0.1) is 0 Å². The number of esters is 2. The number of aromatic carboxylic acids is 1. The van der Waals surface area contributed by atoms with Crippen molar-refractivity contribution in [2.45, 2.75) is 32.6 Å². The molecule has 3 rings (SSSR count). The number of ether oxygens (including phenoxy) is 3. The molecule has 34 heavy (non-hydrogen) atoms. The molecule has 176 valence electrons. The molecule has 0 aromatic heterocycles. The van der Waals surface area contributed by atoms with Crippen molar-refractivity contribution < 1.29 is 33.7 Å². The van der Waals surface area contributed by atoms with Gasteiger partial charge in [-0.05, 0) is 73.2 Å². The van der Waals surface area contributed by atoms with E-state index in [0.29, 0.717) is 17.9 Å². The molecule has 0 atom stereocenters. The highest BCUT2D eigenvalue weighted by atomic mass is 16.5. The first kappa shape index (κ1) is 24.5. The summed E-state index contributed by atoms with van der Waals surface area (Å²) in [6.07, 6.45) is 4.49. The number of benzene rings is 3. The molecule has 0 heterocycles. The summed E-state index contributed by atoms with van der Waals surface area (Å²) in [5, 5.41) is 9.03. The number of carboxylic acid groups (broad SMARTS) is 1. The molecule has 3 aromatic carbocycles. The van der Waals surface area contributed by atoms with Gasteiger partial charge in [0.1, 0.15) is 17.2 Å². The maximum absolute atomic E-state index is 12.4. The predicted octanol–water partition coefficient (Wildman–Crippen LogP) is 5.78. The smallest absolute Gasteiger partial charge is 0.343 e. The van der Waals surface area contributed by atoms with E-state index in [4.69, 9.17) is 19.3 Å². The molecular weight excluding hydrogens is 436 g/mol. The molecule has 0 unspecified atom stereocenters. The summed E-state index contributed by atoms with van der Waals surface area (Å²) < 4.78 is 16.3. The van der Waals surface area contributed by atoms with Gasteiger partial charge in [-0.2, -0.15) is 0 Å². The van der Waals surface area contributed by atoms with Gasteiger partial charge in [0, 0.05) is 0 Å². The molecule has 3 aromatic rings. The summed E-state index contributed by atoms with van der Waals surface area (Å²) in [6.45, 7) is 2.80. The van der Waals surface area contributed by atoms with Gasteiger partial charge in [-0.3, -0.25) is 0 Å². The Morgan fingerprint density at radius 3 is 1.85 bits per heavy atom. The molecular formula is C27H26O7. The first-order valence-electron chi connectivity index (χ1n) is 11.1. The Balaban J connectivity index is 1.52. The van der Waals surface area contributed by atoms with Gasteiger partial charge in [0.25, 0.3) is 0 Å². The molecule has 0 saturated carbocycles. The van der Waals surface area contributed by atoms with E-state index in [1.807, 2.05) is 0 Å². The molecule has 1 N–H and O–H groups in total. The summed E-state index contributed by atoms with van der Waals surface area (Å²) in [4.78, 5) is 35.8. The number of carbonyl (C=O) groups excluding carboxylic acids is 2. The zero-order chi connectivity index (χ0) is 24.3. The Labute approximate surface area is 197 Å². The van der Waals surface area contributed by atoms with Crippen LogP contribution in [0.5, 0.6) is 17.2 Å². The molecule has 0 bridgehead atoms. The summed E-state index contributed by atoms with van der Waals surface area (Å²) in [7, 11) is 0. The number of rotatable bonds is 11. The van der Waals surface area contributed by atoms with Gasteiger partial charge in [0.2, 0.25) is 0 Å². The van der Waals surface area contributed by atoms with E-state index in [2.05, 4.69) is 6.92 Å². The van der Waals surface area contributed by atoms with Gasteiger partial charge in [-0.25, -0.2) is 14.4 Å². The standard InChI is InChI=1S/C27H26O7/c1-2-3-4-5-17-32-22-13-9-19(10-14-22)26(30)33-23-15-11-20(12-16-23)27(31)34-24-8-6-7-21(18-24)25(28)29/h6-16,18H,2-5,17H2,1H3,(H,28,29). The zero-order valence-corrected chi connectivity index (χ0v) is 18.9. The molecule has 0 amide bonds. The summed E-state index contributed by atoms with van der Waals surface area (Å²) >= 11 is 0. The molecule has 0 radical (unpaired) electrons. The van der Waals surface area contributed by atoms with Crippen LogP contribution < -0.4 is 14.2 Å². The van der Waals surface area contributed by atoms with E-state index in [1.54, 1.807) is 24.3 Å². The molecule has 0 aliphatic carbocycles. The Bertz CT molecular complexity index is 1120. The Hall–Kier alpha value is -4.13. The van der Waals surface area contributed by atoms with Gasteiger partial charge >= 0.3 is 17.9 Å². The van der Waals surface area contributed by atoms with Crippen molar-refractivity contribution in [1.29, 1.82) is 0 Å². The van der Waals surface area contributed by atoms with E-state index in [9.17, 15) is 14.4 Å². The summed E-state index contributed by atoms with van der Waals surface area (Å²) in [5.41, 5.74) is 0.611. The zero-order valence-electron chi connectivity index (χ0n) is 18.9. The summed E-state index contributed by atoms with van der Waals surface area (Å²) in [5.74, 6) is -1.22. The van der Waals surface area contributed by atoms with Gasteiger partial charge in [0.15, 0.2) is 0 Å². The van der Waals surface area contributed by atoms with E-state index >= 15 is 0 Å². The maximum Gasteiger partial charge on any atom is 0.343 e. The molecule has 0 spiro atoms. The lowest BCUT2D eigenvalue weighted by molar-refractivity contribution is 0.0686. The van der Waals surface area contributed by atoms with Crippen molar-refractivity contribution >= 4 is 17.9 Å². The fourth-order valence-electron chi connectivity index (χ4n) is 3.09. The van der Waals surface area contributed by atoms with Crippen LogP contribution in [0.4, 0.5) is 0 Å². The fraction of sp³-hybridized carbons (Fsp3) is 0.222. The van der Waals surface area contributed by atoms with Crippen LogP contribution in [-0.2, 0) is 0 Å². The lowest BCUT2D eigenvalue weighted by Crippen LogP contribution is -2.10. The third kappa shape index (κ3) is 7.20. The maximum atomic E-state index is 12.4. The highest BCUT2D eigenvalue weighted by Crippen LogP contribution is 2.19. The minimum Gasteiger partial charge on any atom is -0.494 e. The second-order valence-corrected chi connectivity index (χ2v) is 7.57. The average molecular weight is 462 g/mol. The molecule has 0 saturated heterocycles. The minimum absolute atomic E-state index is 0.0131. The minimum atomic E-state index is -1.12. The van der Waals surface area contributed by atoms with Crippen LogP contribution in [-0.4, -0.2) is 29.6 Å². The van der Waals surface area contributed by atoms with Crippen molar-refractivity contribution in [3.63, 3.8) is 0 Å². The Morgan fingerprint density at radius 1 is 0.676 bits per heavy atom. The molecule has 0 aliphatic heterocycles. The van der Waals surface area contributed by atoms with E-state index < -0.39 is 17.9 Å². The van der Waals surface area contributed by atoms with Crippen LogP contribution in [0.2, 0.25) is 0 Å². The van der Waals surface area contributed by atoms with Gasteiger partial charge in [0.05, 0.1) is 23.3 Å². The van der Waals surface area contributed by atoms with Crippen LogP contribution in [0.1, 0.15) is 63.7 Å². The SMILES string of the molecule is CCCCCCOc1ccc(C(=O)Oc2ccc(C(=O)Oc3cccc(C(=O)O)c3)cc2)cc1. The lowest BCUT2D eigenvalue weighted by atomic mass is 10.2. The number of hydrogen-bond donors (Lipinski definition) is 1. The van der Waals surface area contributed by atoms with Crippen LogP contribution >= 0.6 is 0 Å². The second-order valence-electron chi connectivity index (χ2n) is 7.57. The first-order valence-corrected chi connectivity index (χ1v) is 11.1. The fourth-order valence-corrected chi connectivity index (χ4v) is 3.09. The normalized spacial score (nSPS) is 10.4. The van der Waals surface area contributed by atoms with Crippen molar-refractivity contribution in [2.24, 2.45) is 0 Å². The van der Waals surface area contributed by atoms with Crippen molar-refractivity contribution in [1.82, 2.24) is 0 Å². The molecule has 0 aliphatic rings. The van der Waals surface area contributed by atoms with Crippen LogP contribution in [0.15, 0.2) is 72.8 Å². The average Bonchev–Trinajstić information content (AvgIpc) is 2.85. The number of carboxylic acids is 1. The molecule has 0 fully saturated rings. The largest absolute Gasteiger partial charge is 0.494 e. The lowest BCUT2D eigenvalue weighted by Gasteiger charge is -2.08. The topological polar surface area (TPSA) is 99.1 Å². The second kappa shape index (κ2) is 12.2. The first-order chi connectivity index (χ1) is 16.5. The van der Waals surface area contributed by atoms with E-state index in [-0.39, 0.29) is 22.6 Å².